The molecule has 2 aromatic rings. The molecule has 0 radical (unpaired) electrons. The van der Waals surface area contributed by atoms with E-state index in [1.807, 2.05) is 18.5 Å². The summed E-state index contributed by atoms with van der Waals surface area (Å²) in [5.41, 5.74) is 3.96. The molecule has 0 aliphatic carbocycles. The third-order valence-electron chi connectivity index (χ3n) is 5.83. The van der Waals surface area contributed by atoms with E-state index in [1.54, 1.807) is 6.33 Å². The molecule has 2 aliphatic rings. The van der Waals surface area contributed by atoms with Crippen LogP contribution in [0.4, 0.5) is 5.69 Å². The van der Waals surface area contributed by atoms with Crippen LogP contribution >= 0.6 is 11.6 Å². The molecule has 168 valence electrons. The average Bonchev–Trinajstić information content (AvgIpc) is 3.32. The second kappa shape index (κ2) is 10.8. The highest BCUT2D eigenvalue weighted by molar-refractivity contribution is 6.31. The fourth-order valence-electron chi connectivity index (χ4n) is 3.98. The van der Waals surface area contributed by atoms with Gasteiger partial charge in [0.2, 0.25) is 0 Å². The van der Waals surface area contributed by atoms with Crippen LogP contribution in [-0.2, 0) is 11.2 Å². The predicted molar refractivity (Wildman–Crippen MR) is 132 cm³/mol. The van der Waals surface area contributed by atoms with Gasteiger partial charge in [-0.15, -0.1) is 0 Å². The summed E-state index contributed by atoms with van der Waals surface area (Å²) in [7, 11) is 0. The summed E-state index contributed by atoms with van der Waals surface area (Å²) in [5.74, 6) is 1.93. The van der Waals surface area contributed by atoms with E-state index in [0.717, 1.165) is 72.0 Å². The maximum atomic E-state index is 6.44. The van der Waals surface area contributed by atoms with E-state index in [-0.39, 0.29) is 6.10 Å². The Labute approximate surface area is 194 Å². The Balaban J connectivity index is 1.68. The van der Waals surface area contributed by atoms with Crippen molar-refractivity contribution in [2.24, 2.45) is 15.9 Å². The predicted octanol–water partition coefficient (Wildman–Crippen LogP) is 5.59. The van der Waals surface area contributed by atoms with Crippen molar-refractivity contribution in [2.45, 2.75) is 52.1 Å². The Kier molecular flexibility index (Phi) is 7.66. The number of allylic oxidation sites excluding steroid dienone is 1. The molecule has 0 bridgehead atoms. The molecule has 3 heterocycles. The van der Waals surface area contributed by atoms with Crippen molar-refractivity contribution < 1.29 is 4.74 Å². The van der Waals surface area contributed by atoms with Crippen LogP contribution in [0, 0.1) is 5.92 Å². The first-order valence-electron chi connectivity index (χ1n) is 11.4. The number of hydrogen-bond acceptors (Lipinski definition) is 5. The first kappa shape index (κ1) is 22.6. The van der Waals surface area contributed by atoms with Crippen LogP contribution in [0.5, 0.6) is 0 Å². The molecule has 2 aliphatic heterocycles. The van der Waals surface area contributed by atoms with Crippen molar-refractivity contribution in [3.8, 4) is 0 Å². The molecule has 2 unspecified atom stereocenters. The fraction of sp³-hybridized carbons (Fsp3) is 0.440. The van der Waals surface area contributed by atoms with Gasteiger partial charge in [-0.1, -0.05) is 37.6 Å². The van der Waals surface area contributed by atoms with Crippen molar-refractivity contribution in [3.05, 3.63) is 59.1 Å². The van der Waals surface area contributed by atoms with E-state index < -0.39 is 0 Å². The molecular formula is C25H30ClN5O. The molecule has 6 nitrogen and oxygen atoms in total. The minimum Gasteiger partial charge on any atom is -0.376 e. The van der Waals surface area contributed by atoms with Gasteiger partial charge in [0.05, 0.1) is 12.6 Å². The van der Waals surface area contributed by atoms with Gasteiger partial charge >= 0.3 is 0 Å². The Bertz CT molecular complexity index is 1010. The van der Waals surface area contributed by atoms with Crippen LogP contribution in [0.1, 0.15) is 50.7 Å². The van der Waals surface area contributed by atoms with Crippen LogP contribution < -0.4 is 5.32 Å². The molecule has 0 saturated carbocycles. The van der Waals surface area contributed by atoms with Crippen LogP contribution in [0.25, 0.3) is 5.57 Å². The zero-order valence-corrected chi connectivity index (χ0v) is 19.5. The maximum absolute atomic E-state index is 6.44. The highest BCUT2D eigenvalue weighted by Gasteiger charge is 2.20. The number of aryl methyl sites for hydroxylation is 1. The summed E-state index contributed by atoms with van der Waals surface area (Å²) < 4.78 is 5.79. The van der Waals surface area contributed by atoms with E-state index in [1.165, 1.54) is 0 Å². The van der Waals surface area contributed by atoms with E-state index >= 15 is 0 Å². The number of benzene rings is 1. The van der Waals surface area contributed by atoms with Crippen molar-refractivity contribution in [3.63, 3.8) is 0 Å². The average molecular weight is 452 g/mol. The number of ether oxygens (including phenoxy) is 1. The molecule has 1 aromatic carbocycles. The monoisotopic (exact) mass is 451 g/mol. The summed E-state index contributed by atoms with van der Waals surface area (Å²) >= 11 is 6.44. The minimum atomic E-state index is 0.158. The van der Waals surface area contributed by atoms with Gasteiger partial charge in [0.15, 0.2) is 5.84 Å². The van der Waals surface area contributed by atoms with Crippen LogP contribution in [0.3, 0.4) is 0 Å². The van der Waals surface area contributed by atoms with Gasteiger partial charge in [0, 0.05) is 47.3 Å². The van der Waals surface area contributed by atoms with E-state index in [9.17, 15) is 0 Å². The maximum Gasteiger partial charge on any atom is 0.157 e. The smallest absolute Gasteiger partial charge is 0.157 e. The van der Waals surface area contributed by atoms with Gasteiger partial charge in [-0.25, -0.2) is 15.0 Å². The second-order valence-electron chi connectivity index (χ2n) is 8.37. The summed E-state index contributed by atoms with van der Waals surface area (Å²) in [6, 6.07) is 6.09. The third kappa shape index (κ3) is 5.81. The zero-order chi connectivity index (χ0) is 22.3. The lowest BCUT2D eigenvalue weighted by atomic mass is 9.96. The first-order valence-corrected chi connectivity index (χ1v) is 11.8. The topological polar surface area (TPSA) is 71.8 Å². The number of amidine groups is 2. The van der Waals surface area contributed by atoms with E-state index in [0.29, 0.717) is 18.3 Å². The molecular weight excluding hydrogens is 422 g/mol. The fourth-order valence-corrected chi connectivity index (χ4v) is 4.29. The number of aliphatic imine (C=N–C) groups is 2. The zero-order valence-electron chi connectivity index (χ0n) is 18.7. The molecule has 1 fully saturated rings. The molecule has 0 spiro atoms. The molecule has 4 rings (SSSR count). The summed E-state index contributed by atoms with van der Waals surface area (Å²) in [4.78, 5) is 18.3. The SMILES string of the molecule is CCc1ccc(NC2=NC(=NCC3CCCO3)/C(c3cncnc3)=C\C(C)CC2)cc1Cl. The minimum absolute atomic E-state index is 0.158. The lowest BCUT2D eigenvalue weighted by molar-refractivity contribution is 0.118. The quantitative estimate of drug-likeness (QED) is 0.642. The normalized spacial score (nSPS) is 24.4. The van der Waals surface area contributed by atoms with Gasteiger partial charge in [-0.05, 0) is 49.3 Å². The Morgan fingerprint density at radius 2 is 2.06 bits per heavy atom. The highest BCUT2D eigenvalue weighted by Crippen LogP contribution is 2.26. The van der Waals surface area contributed by atoms with Crippen molar-refractivity contribution in [2.75, 3.05) is 18.5 Å². The Hall–Kier alpha value is -2.57. The third-order valence-corrected chi connectivity index (χ3v) is 6.18. The summed E-state index contributed by atoms with van der Waals surface area (Å²) in [6.45, 7) is 5.73. The number of hydrogen-bond donors (Lipinski definition) is 1. The number of anilines is 1. The summed E-state index contributed by atoms with van der Waals surface area (Å²) in [6.07, 6.45) is 12.4. The first-order chi connectivity index (χ1) is 15.6. The van der Waals surface area contributed by atoms with E-state index in [2.05, 4.69) is 47.3 Å². The number of aromatic nitrogens is 2. The lowest BCUT2D eigenvalue weighted by Crippen LogP contribution is -2.20. The van der Waals surface area contributed by atoms with Crippen LogP contribution in [-0.4, -0.2) is 40.9 Å². The largest absolute Gasteiger partial charge is 0.376 e. The van der Waals surface area contributed by atoms with E-state index in [4.69, 9.17) is 26.3 Å². The Morgan fingerprint density at radius 3 is 2.78 bits per heavy atom. The second-order valence-corrected chi connectivity index (χ2v) is 8.77. The molecule has 32 heavy (non-hydrogen) atoms. The molecule has 2 atom stereocenters. The Morgan fingerprint density at radius 1 is 1.22 bits per heavy atom. The number of nitrogens with one attached hydrogen (secondary N) is 1. The standard InChI is InChI=1S/C25H30ClN5O/c1-3-18-7-8-20(12-23(18)26)30-24-9-6-17(2)11-22(19-13-27-16-28-14-19)25(31-24)29-15-21-5-4-10-32-21/h7-8,11-14,16-17,21H,3-6,9-10,15H2,1-2H3,(H,29,30,31)/b22-11-. The number of rotatable bonds is 5. The number of nitrogens with zero attached hydrogens (tertiary/aromatic N) is 4. The molecule has 1 aromatic heterocycles. The number of halogens is 1. The molecule has 7 heteroatoms. The van der Waals surface area contributed by atoms with Gasteiger partial charge in [0.25, 0.3) is 0 Å². The van der Waals surface area contributed by atoms with Gasteiger partial charge in [-0.2, -0.15) is 0 Å². The van der Waals surface area contributed by atoms with Gasteiger partial charge < -0.3 is 10.1 Å². The lowest BCUT2D eigenvalue weighted by Gasteiger charge is -2.19. The molecule has 1 N–H and O–H groups in total. The molecule has 0 amide bonds. The molecule has 1 saturated heterocycles. The van der Waals surface area contributed by atoms with Gasteiger partial charge in [-0.3, -0.25) is 4.99 Å². The van der Waals surface area contributed by atoms with Crippen LogP contribution in [0.2, 0.25) is 5.02 Å². The highest BCUT2D eigenvalue weighted by atomic mass is 35.5. The van der Waals surface area contributed by atoms with Gasteiger partial charge in [0.1, 0.15) is 12.2 Å². The van der Waals surface area contributed by atoms with Crippen molar-refractivity contribution in [1.29, 1.82) is 0 Å². The summed E-state index contributed by atoms with van der Waals surface area (Å²) in [5, 5.41) is 4.26. The van der Waals surface area contributed by atoms with Crippen LogP contribution in [0.15, 0.2) is 53.0 Å². The van der Waals surface area contributed by atoms with Crippen molar-refractivity contribution >= 4 is 34.5 Å². The van der Waals surface area contributed by atoms with Crippen molar-refractivity contribution in [1.82, 2.24) is 9.97 Å².